The molecule has 0 spiro atoms. The molecule has 1 unspecified atom stereocenters. The number of hydrogen-bond acceptors (Lipinski definition) is 4. The molecule has 1 aliphatic heterocycles. The number of likely N-dealkylation sites (tertiary alicyclic amines) is 1. The fraction of sp³-hybridized carbons (Fsp3) is 0.357. The van der Waals surface area contributed by atoms with Crippen molar-refractivity contribution in [1.82, 2.24) is 4.90 Å². The van der Waals surface area contributed by atoms with Gasteiger partial charge in [-0.25, -0.2) is 4.79 Å². The number of carbonyl (C=O) groups excluding carboxylic acids is 3. The first-order valence-electron chi connectivity index (χ1n) is 6.13. The summed E-state index contributed by atoms with van der Waals surface area (Å²) in [5.74, 6) is -1.69. The van der Waals surface area contributed by atoms with E-state index in [-0.39, 0.29) is 0 Å². The van der Waals surface area contributed by atoms with Crippen LogP contribution >= 0.6 is 0 Å². The van der Waals surface area contributed by atoms with Gasteiger partial charge in [-0.3, -0.25) is 9.59 Å². The van der Waals surface area contributed by atoms with Gasteiger partial charge in [0.2, 0.25) is 5.78 Å². The van der Waals surface area contributed by atoms with Crippen molar-refractivity contribution in [2.75, 3.05) is 13.7 Å². The van der Waals surface area contributed by atoms with Gasteiger partial charge >= 0.3 is 5.97 Å². The van der Waals surface area contributed by atoms with E-state index in [9.17, 15) is 14.4 Å². The van der Waals surface area contributed by atoms with Crippen LogP contribution in [0.25, 0.3) is 0 Å². The molecule has 0 radical (unpaired) electrons. The Balaban J connectivity index is 2.15. The van der Waals surface area contributed by atoms with E-state index in [1.807, 2.05) is 0 Å². The van der Waals surface area contributed by atoms with E-state index in [0.717, 1.165) is 0 Å². The average Bonchev–Trinajstić information content (AvgIpc) is 2.95. The van der Waals surface area contributed by atoms with Gasteiger partial charge in [0, 0.05) is 12.1 Å². The van der Waals surface area contributed by atoms with E-state index in [4.69, 9.17) is 0 Å². The lowest BCUT2D eigenvalue weighted by atomic mass is 10.1. The summed E-state index contributed by atoms with van der Waals surface area (Å²) in [7, 11) is 1.28. The number of hydrogen-bond donors (Lipinski definition) is 0. The molecule has 5 nitrogen and oxygen atoms in total. The summed E-state index contributed by atoms with van der Waals surface area (Å²) in [4.78, 5) is 37.1. The molecule has 0 aliphatic carbocycles. The zero-order chi connectivity index (χ0) is 13.8. The molecule has 0 N–H and O–H groups in total. The van der Waals surface area contributed by atoms with Crippen LogP contribution in [0.5, 0.6) is 0 Å². The third kappa shape index (κ3) is 2.65. The van der Waals surface area contributed by atoms with Crippen LogP contribution in [-0.4, -0.2) is 42.3 Å². The smallest absolute Gasteiger partial charge is 0.328 e. The largest absolute Gasteiger partial charge is 0.467 e. The Bertz CT molecular complexity index is 497. The summed E-state index contributed by atoms with van der Waals surface area (Å²) < 4.78 is 4.66. The lowest BCUT2D eigenvalue weighted by Gasteiger charge is -2.21. The standard InChI is InChI=1S/C14H15NO4/c1-19-14(18)11-8-5-9-15(11)13(17)12(16)10-6-3-2-4-7-10/h2-4,6-7,11H,5,8-9H2,1H3. The second-order valence-electron chi connectivity index (χ2n) is 4.37. The van der Waals surface area contributed by atoms with Gasteiger partial charge in [-0.1, -0.05) is 30.3 Å². The minimum atomic E-state index is -0.640. The normalized spacial score (nSPS) is 18.2. The van der Waals surface area contributed by atoms with Crippen molar-refractivity contribution in [3.8, 4) is 0 Å². The van der Waals surface area contributed by atoms with E-state index in [1.54, 1.807) is 30.3 Å². The highest BCUT2D eigenvalue weighted by atomic mass is 16.5. The minimum Gasteiger partial charge on any atom is -0.467 e. The first kappa shape index (κ1) is 13.3. The fourth-order valence-electron chi connectivity index (χ4n) is 2.23. The van der Waals surface area contributed by atoms with Crippen LogP contribution in [0.3, 0.4) is 0 Å². The molecule has 0 bridgehead atoms. The van der Waals surface area contributed by atoms with Gasteiger partial charge in [-0.15, -0.1) is 0 Å². The highest BCUT2D eigenvalue weighted by molar-refractivity contribution is 6.43. The molecule has 1 atom stereocenters. The summed E-state index contributed by atoms with van der Waals surface area (Å²) >= 11 is 0. The van der Waals surface area contributed by atoms with Crippen molar-refractivity contribution in [3.05, 3.63) is 35.9 Å². The van der Waals surface area contributed by atoms with E-state index >= 15 is 0 Å². The number of Topliss-reactive ketones (excluding diaryl/α,β-unsaturated/α-hetero) is 1. The summed E-state index contributed by atoms with van der Waals surface area (Å²) in [6, 6.07) is 7.71. The number of nitrogens with zero attached hydrogens (tertiary/aromatic N) is 1. The van der Waals surface area contributed by atoms with Gasteiger partial charge in [0.05, 0.1) is 7.11 Å². The molecule has 5 heteroatoms. The molecule has 100 valence electrons. The van der Waals surface area contributed by atoms with Gasteiger partial charge in [-0.05, 0) is 12.8 Å². The molecule has 19 heavy (non-hydrogen) atoms. The van der Waals surface area contributed by atoms with Crippen molar-refractivity contribution in [2.45, 2.75) is 18.9 Å². The maximum absolute atomic E-state index is 12.1. The number of benzene rings is 1. The van der Waals surface area contributed by atoms with Crippen molar-refractivity contribution >= 4 is 17.7 Å². The maximum atomic E-state index is 12.1. The Morgan fingerprint density at radius 2 is 1.89 bits per heavy atom. The number of amides is 1. The van der Waals surface area contributed by atoms with E-state index < -0.39 is 23.7 Å². The Morgan fingerprint density at radius 3 is 2.53 bits per heavy atom. The molecule has 0 aromatic heterocycles. The molecule has 1 amide bonds. The molecule has 1 aromatic carbocycles. The van der Waals surface area contributed by atoms with E-state index in [1.165, 1.54) is 12.0 Å². The SMILES string of the molecule is COC(=O)C1CCCN1C(=O)C(=O)c1ccccc1. The molecule has 1 aromatic rings. The van der Waals surface area contributed by atoms with Crippen LogP contribution in [0, 0.1) is 0 Å². The number of methoxy groups -OCH3 is 1. The lowest BCUT2D eigenvalue weighted by molar-refractivity contribution is -0.149. The van der Waals surface area contributed by atoms with Crippen LogP contribution in [-0.2, 0) is 14.3 Å². The van der Waals surface area contributed by atoms with Crippen molar-refractivity contribution in [2.24, 2.45) is 0 Å². The number of carbonyl (C=O) groups is 3. The Kier molecular flexibility index (Phi) is 3.94. The average molecular weight is 261 g/mol. The van der Waals surface area contributed by atoms with Crippen LogP contribution in [0.4, 0.5) is 0 Å². The zero-order valence-electron chi connectivity index (χ0n) is 10.7. The first-order valence-corrected chi connectivity index (χ1v) is 6.13. The van der Waals surface area contributed by atoms with E-state index in [2.05, 4.69) is 4.74 Å². The monoisotopic (exact) mass is 261 g/mol. The van der Waals surface area contributed by atoms with Gasteiger partial charge in [0.25, 0.3) is 5.91 Å². The summed E-state index contributed by atoms with van der Waals surface area (Å²) in [5, 5.41) is 0. The van der Waals surface area contributed by atoms with E-state index in [0.29, 0.717) is 24.9 Å². The molecule has 1 heterocycles. The Hall–Kier alpha value is -2.17. The first-order chi connectivity index (χ1) is 9.15. The summed E-state index contributed by atoms with van der Waals surface area (Å²) in [6.45, 7) is 0.414. The molecular weight excluding hydrogens is 246 g/mol. The highest BCUT2D eigenvalue weighted by Gasteiger charge is 2.37. The fourth-order valence-corrected chi connectivity index (χ4v) is 2.23. The Morgan fingerprint density at radius 1 is 1.21 bits per heavy atom. The third-order valence-electron chi connectivity index (χ3n) is 3.22. The minimum absolute atomic E-state index is 0.336. The second kappa shape index (κ2) is 5.65. The predicted octanol–water partition coefficient (Wildman–Crippen LogP) is 1.03. The van der Waals surface area contributed by atoms with Crippen LogP contribution in [0.1, 0.15) is 23.2 Å². The summed E-state index contributed by atoms with van der Waals surface area (Å²) in [5.41, 5.74) is 0.336. The zero-order valence-corrected chi connectivity index (χ0v) is 10.7. The van der Waals surface area contributed by atoms with Gasteiger partial charge < -0.3 is 9.64 Å². The molecule has 1 aliphatic rings. The lowest BCUT2D eigenvalue weighted by Crippen LogP contribution is -2.44. The Labute approximate surface area is 111 Å². The van der Waals surface area contributed by atoms with Crippen molar-refractivity contribution < 1.29 is 19.1 Å². The highest BCUT2D eigenvalue weighted by Crippen LogP contribution is 2.19. The quantitative estimate of drug-likeness (QED) is 0.463. The van der Waals surface area contributed by atoms with Crippen LogP contribution < -0.4 is 0 Å². The molecule has 2 rings (SSSR count). The molecular formula is C14H15NO4. The molecule has 1 saturated heterocycles. The van der Waals surface area contributed by atoms with Gasteiger partial charge in [-0.2, -0.15) is 0 Å². The second-order valence-corrected chi connectivity index (χ2v) is 4.37. The molecule has 0 saturated carbocycles. The third-order valence-corrected chi connectivity index (χ3v) is 3.22. The van der Waals surface area contributed by atoms with Crippen molar-refractivity contribution in [1.29, 1.82) is 0 Å². The number of ether oxygens (including phenoxy) is 1. The summed E-state index contributed by atoms with van der Waals surface area (Å²) in [6.07, 6.45) is 1.24. The number of esters is 1. The topological polar surface area (TPSA) is 63.7 Å². The molecule has 1 fully saturated rings. The predicted molar refractivity (Wildman–Crippen MR) is 67.5 cm³/mol. The van der Waals surface area contributed by atoms with Gasteiger partial charge in [0.1, 0.15) is 6.04 Å². The maximum Gasteiger partial charge on any atom is 0.328 e. The number of rotatable bonds is 3. The van der Waals surface area contributed by atoms with Gasteiger partial charge in [0.15, 0.2) is 0 Å². The van der Waals surface area contributed by atoms with Crippen LogP contribution in [0.2, 0.25) is 0 Å². The number of ketones is 1. The van der Waals surface area contributed by atoms with Crippen molar-refractivity contribution in [3.63, 3.8) is 0 Å². The van der Waals surface area contributed by atoms with Crippen LogP contribution in [0.15, 0.2) is 30.3 Å².